The zero-order valence-corrected chi connectivity index (χ0v) is 10.3. The molecular formula is C13H16N4O2. The minimum atomic E-state index is -0.0404. The monoisotopic (exact) mass is 260 g/mol. The maximum Gasteiger partial charge on any atom is 0.231 e. The Morgan fingerprint density at radius 2 is 1.11 bits per heavy atom. The minimum Gasteiger partial charge on any atom is -0.455 e. The molecule has 0 unspecified atom stereocenters. The molecule has 0 saturated carbocycles. The summed E-state index contributed by atoms with van der Waals surface area (Å²) in [5.74, 6) is 0.921. The van der Waals surface area contributed by atoms with Gasteiger partial charge in [-0.25, -0.2) is 0 Å². The van der Waals surface area contributed by atoms with Crippen molar-refractivity contribution in [3.63, 3.8) is 0 Å². The highest BCUT2D eigenvalue weighted by Crippen LogP contribution is 2.26. The van der Waals surface area contributed by atoms with Crippen molar-refractivity contribution in [3.05, 3.63) is 36.4 Å². The molecule has 100 valence electrons. The summed E-state index contributed by atoms with van der Waals surface area (Å²) in [5, 5.41) is 0. The highest BCUT2D eigenvalue weighted by molar-refractivity contribution is 5.60. The Labute approximate surface area is 110 Å². The van der Waals surface area contributed by atoms with E-state index < -0.39 is 0 Å². The Kier molecular flexibility index (Phi) is 3.51. The average Bonchev–Trinajstić information content (AvgIpc) is 2.38. The third-order valence-corrected chi connectivity index (χ3v) is 2.50. The molecule has 8 N–H and O–H groups in total. The van der Waals surface area contributed by atoms with Crippen molar-refractivity contribution in [1.82, 2.24) is 0 Å². The van der Waals surface area contributed by atoms with Crippen molar-refractivity contribution in [3.8, 4) is 11.5 Å². The summed E-state index contributed by atoms with van der Waals surface area (Å²) >= 11 is 0. The molecule has 6 nitrogen and oxygen atoms in total. The molecule has 0 saturated heterocycles. The largest absolute Gasteiger partial charge is 0.455 e. The highest BCUT2D eigenvalue weighted by atomic mass is 16.7. The van der Waals surface area contributed by atoms with E-state index in [0.717, 1.165) is 0 Å². The number of nitrogens with two attached hydrogens (primary N) is 4. The zero-order valence-electron chi connectivity index (χ0n) is 10.3. The zero-order chi connectivity index (χ0) is 13.8. The lowest BCUT2D eigenvalue weighted by molar-refractivity contribution is 0.121. The molecule has 0 radical (unpaired) electrons. The molecule has 6 heteroatoms. The van der Waals surface area contributed by atoms with Crippen LogP contribution >= 0.6 is 0 Å². The molecule has 2 aromatic carbocycles. The van der Waals surface area contributed by atoms with E-state index in [1.807, 2.05) is 0 Å². The van der Waals surface area contributed by atoms with E-state index >= 15 is 0 Å². The van der Waals surface area contributed by atoms with Crippen molar-refractivity contribution in [2.45, 2.75) is 0 Å². The van der Waals surface area contributed by atoms with Crippen LogP contribution in [0.2, 0.25) is 0 Å². The molecule has 0 heterocycles. The Morgan fingerprint density at radius 3 is 1.53 bits per heavy atom. The Balaban J connectivity index is 2.00. The lowest BCUT2D eigenvalue weighted by Crippen LogP contribution is -2.09. The van der Waals surface area contributed by atoms with E-state index in [4.69, 9.17) is 32.4 Å². The fourth-order valence-electron chi connectivity index (χ4n) is 1.51. The molecule has 0 amide bonds. The van der Waals surface area contributed by atoms with Crippen molar-refractivity contribution >= 4 is 22.7 Å². The number of nitrogen functional groups attached to an aromatic ring is 4. The summed E-state index contributed by atoms with van der Waals surface area (Å²) in [6, 6.07) is 9.97. The third kappa shape index (κ3) is 3.12. The maximum atomic E-state index is 5.74. The van der Waals surface area contributed by atoms with Crippen LogP contribution in [0, 0.1) is 0 Å². The number of ether oxygens (including phenoxy) is 2. The third-order valence-electron chi connectivity index (χ3n) is 2.50. The van der Waals surface area contributed by atoms with Gasteiger partial charge in [0.05, 0.1) is 11.4 Å². The number of benzene rings is 2. The summed E-state index contributed by atoms with van der Waals surface area (Å²) in [7, 11) is 0. The normalized spacial score (nSPS) is 10.1. The summed E-state index contributed by atoms with van der Waals surface area (Å²) in [6.45, 7) is -0.0404. The van der Waals surface area contributed by atoms with Gasteiger partial charge in [0.2, 0.25) is 6.79 Å². The molecular weight excluding hydrogens is 244 g/mol. The predicted octanol–water partition coefficient (Wildman–Crippen LogP) is 1.43. The van der Waals surface area contributed by atoms with E-state index in [2.05, 4.69) is 0 Å². The second kappa shape index (κ2) is 5.26. The maximum absolute atomic E-state index is 5.74. The van der Waals surface area contributed by atoms with Crippen LogP contribution in [0.3, 0.4) is 0 Å². The standard InChI is InChI=1S/C13H16N4O2/c14-8-1-3-10(16)12(5-8)18-7-19-13-6-9(15)2-4-11(13)17/h1-6H,7,14-17H2. The first kappa shape index (κ1) is 12.7. The van der Waals surface area contributed by atoms with Crippen LogP contribution < -0.4 is 32.4 Å². The van der Waals surface area contributed by atoms with Gasteiger partial charge in [0.15, 0.2) is 0 Å². The van der Waals surface area contributed by atoms with Crippen molar-refractivity contribution < 1.29 is 9.47 Å². The minimum absolute atomic E-state index is 0.0404. The number of anilines is 4. The molecule has 19 heavy (non-hydrogen) atoms. The molecule has 2 rings (SSSR count). The van der Waals surface area contributed by atoms with Gasteiger partial charge in [-0.3, -0.25) is 0 Å². The van der Waals surface area contributed by atoms with Crippen molar-refractivity contribution in [2.75, 3.05) is 29.7 Å². The first-order valence-electron chi connectivity index (χ1n) is 5.62. The number of hydrogen-bond donors (Lipinski definition) is 4. The fraction of sp³-hybridized carbons (Fsp3) is 0.0769. The molecule has 0 atom stereocenters. The predicted molar refractivity (Wildman–Crippen MR) is 76.7 cm³/mol. The molecule has 0 bridgehead atoms. The lowest BCUT2D eigenvalue weighted by Gasteiger charge is -2.12. The summed E-state index contributed by atoms with van der Waals surface area (Å²) in [4.78, 5) is 0. The number of rotatable bonds is 4. The molecule has 0 aliphatic carbocycles. The fourth-order valence-corrected chi connectivity index (χ4v) is 1.51. The molecule has 0 aromatic heterocycles. The molecule has 0 fully saturated rings. The average molecular weight is 260 g/mol. The first-order chi connectivity index (χ1) is 9.06. The van der Waals surface area contributed by atoms with E-state index in [0.29, 0.717) is 34.2 Å². The molecule has 0 aliphatic heterocycles. The summed E-state index contributed by atoms with van der Waals surface area (Å²) in [5.41, 5.74) is 24.9. The van der Waals surface area contributed by atoms with Gasteiger partial charge in [-0.05, 0) is 24.3 Å². The summed E-state index contributed by atoms with van der Waals surface area (Å²) in [6.07, 6.45) is 0. The van der Waals surface area contributed by atoms with Gasteiger partial charge in [0, 0.05) is 23.5 Å². The highest BCUT2D eigenvalue weighted by Gasteiger charge is 2.04. The van der Waals surface area contributed by atoms with Gasteiger partial charge in [-0.15, -0.1) is 0 Å². The van der Waals surface area contributed by atoms with Crippen molar-refractivity contribution in [2.24, 2.45) is 0 Å². The Morgan fingerprint density at radius 1 is 0.684 bits per heavy atom. The SMILES string of the molecule is Nc1ccc(N)c(OCOc2cc(N)ccc2N)c1. The van der Waals surface area contributed by atoms with Crippen LogP contribution in [0.4, 0.5) is 22.7 Å². The van der Waals surface area contributed by atoms with Gasteiger partial charge in [-0.2, -0.15) is 0 Å². The van der Waals surface area contributed by atoms with Crippen LogP contribution in [0.15, 0.2) is 36.4 Å². The van der Waals surface area contributed by atoms with Crippen LogP contribution in [-0.2, 0) is 0 Å². The van der Waals surface area contributed by atoms with Crippen molar-refractivity contribution in [1.29, 1.82) is 0 Å². The van der Waals surface area contributed by atoms with E-state index in [-0.39, 0.29) is 6.79 Å². The van der Waals surface area contributed by atoms with Crippen LogP contribution in [0.1, 0.15) is 0 Å². The molecule has 0 spiro atoms. The second-order valence-corrected chi connectivity index (χ2v) is 4.00. The smallest absolute Gasteiger partial charge is 0.231 e. The lowest BCUT2D eigenvalue weighted by atomic mass is 10.2. The first-order valence-corrected chi connectivity index (χ1v) is 5.62. The van der Waals surface area contributed by atoms with Crippen LogP contribution in [-0.4, -0.2) is 6.79 Å². The topological polar surface area (TPSA) is 123 Å². The van der Waals surface area contributed by atoms with Gasteiger partial charge in [0.1, 0.15) is 11.5 Å². The van der Waals surface area contributed by atoms with Gasteiger partial charge < -0.3 is 32.4 Å². The van der Waals surface area contributed by atoms with E-state index in [1.165, 1.54) is 0 Å². The van der Waals surface area contributed by atoms with Crippen LogP contribution in [0.25, 0.3) is 0 Å². The number of hydrogen-bond acceptors (Lipinski definition) is 6. The van der Waals surface area contributed by atoms with Gasteiger partial charge in [-0.1, -0.05) is 0 Å². The van der Waals surface area contributed by atoms with Gasteiger partial charge >= 0.3 is 0 Å². The van der Waals surface area contributed by atoms with Crippen LogP contribution in [0.5, 0.6) is 11.5 Å². The Bertz CT molecular complexity index is 535. The molecule has 0 aliphatic rings. The summed E-state index contributed by atoms with van der Waals surface area (Å²) < 4.78 is 10.8. The second-order valence-electron chi connectivity index (χ2n) is 4.00. The van der Waals surface area contributed by atoms with E-state index in [1.54, 1.807) is 36.4 Å². The van der Waals surface area contributed by atoms with Gasteiger partial charge in [0.25, 0.3) is 0 Å². The Hall–Kier alpha value is -2.76. The molecule has 2 aromatic rings. The van der Waals surface area contributed by atoms with E-state index in [9.17, 15) is 0 Å². The quantitative estimate of drug-likeness (QED) is 0.487.